The molecule has 1 unspecified atom stereocenters. The second-order valence-electron chi connectivity index (χ2n) is 5.18. The molecule has 2 aromatic rings. The Kier molecular flexibility index (Phi) is 3.76. The molecule has 0 aliphatic carbocycles. The third-order valence-electron chi connectivity index (χ3n) is 3.55. The minimum absolute atomic E-state index is 0.0274. The van der Waals surface area contributed by atoms with Crippen LogP contribution in [-0.4, -0.2) is 29.1 Å². The Labute approximate surface area is 126 Å². The molecule has 22 heavy (non-hydrogen) atoms. The van der Waals surface area contributed by atoms with Crippen LogP contribution >= 0.6 is 0 Å². The number of anilines is 1. The van der Waals surface area contributed by atoms with Crippen molar-refractivity contribution in [2.75, 3.05) is 18.0 Å². The Morgan fingerprint density at radius 3 is 3.14 bits per heavy atom. The molecule has 0 spiro atoms. The third kappa shape index (κ3) is 2.77. The first kappa shape index (κ1) is 14.1. The van der Waals surface area contributed by atoms with Crippen LogP contribution in [0.2, 0.25) is 0 Å². The Hall–Kier alpha value is -2.86. The van der Waals surface area contributed by atoms with E-state index in [1.165, 1.54) is 0 Å². The van der Waals surface area contributed by atoms with E-state index in [0.717, 1.165) is 11.3 Å². The van der Waals surface area contributed by atoms with Gasteiger partial charge in [0.2, 0.25) is 17.6 Å². The van der Waals surface area contributed by atoms with E-state index in [-0.39, 0.29) is 11.8 Å². The number of hydrogen-bond acceptors (Lipinski definition) is 5. The fourth-order valence-corrected chi connectivity index (χ4v) is 2.53. The summed E-state index contributed by atoms with van der Waals surface area (Å²) in [6.45, 7) is 2.61. The summed E-state index contributed by atoms with van der Waals surface area (Å²) < 4.78 is 4.98. The zero-order valence-electron chi connectivity index (χ0n) is 12.0. The van der Waals surface area contributed by atoms with Crippen LogP contribution in [0, 0.1) is 12.8 Å². The number of aromatic nitrogens is 2. The van der Waals surface area contributed by atoms with E-state index in [0.29, 0.717) is 31.2 Å². The number of benzene rings is 1. The van der Waals surface area contributed by atoms with Crippen molar-refractivity contribution in [3.63, 3.8) is 0 Å². The fourth-order valence-electron chi connectivity index (χ4n) is 2.53. The van der Waals surface area contributed by atoms with Crippen molar-refractivity contribution in [2.45, 2.75) is 13.3 Å². The monoisotopic (exact) mass is 298 g/mol. The van der Waals surface area contributed by atoms with E-state index < -0.39 is 0 Å². The number of azide groups is 1. The maximum Gasteiger partial charge on any atom is 0.227 e. The van der Waals surface area contributed by atoms with E-state index >= 15 is 0 Å². The molecule has 1 atom stereocenters. The van der Waals surface area contributed by atoms with E-state index in [2.05, 4.69) is 20.2 Å². The van der Waals surface area contributed by atoms with Gasteiger partial charge < -0.3 is 9.42 Å². The molecular formula is C14H14N6O2. The van der Waals surface area contributed by atoms with Gasteiger partial charge in [0.25, 0.3) is 0 Å². The predicted molar refractivity (Wildman–Crippen MR) is 78.9 cm³/mol. The summed E-state index contributed by atoms with van der Waals surface area (Å²) >= 11 is 0. The summed E-state index contributed by atoms with van der Waals surface area (Å²) in [5.41, 5.74) is 9.95. The summed E-state index contributed by atoms with van der Waals surface area (Å²) in [6, 6.07) is 7.44. The molecule has 0 radical (unpaired) electrons. The zero-order valence-corrected chi connectivity index (χ0v) is 12.0. The van der Waals surface area contributed by atoms with E-state index in [1.54, 1.807) is 11.8 Å². The highest BCUT2D eigenvalue weighted by molar-refractivity contribution is 5.96. The minimum Gasteiger partial charge on any atom is -0.339 e. The maximum atomic E-state index is 12.1. The topological polar surface area (TPSA) is 108 Å². The molecule has 8 heteroatoms. The molecule has 3 rings (SSSR count). The lowest BCUT2D eigenvalue weighted by Crippen LogP contribution is -2.24. The average molecular weight is 298 g/mol. The van der Waals surface area contributed by atoms with Gasteiger partial charge in [0.15, 0.2) is 0 Å². The molecule has 0 N–H and O–H groups in total. The van der Waals surface area contributed by atoms with Crippen LogP contribution in [0.3, 0.4) is 0 Å². The number of amides is 1. The van der Waals surface area contributed by atoms with Crippen LogP contribution in [0.1, 0.15) is 12.3 Å². The smallest absolute Gasteiger partial charge is 0.227 e. The second-order valence-corrected chi connectivity index (χ2v) is 5.18. The second kappa shape index (κ2) is 5.87. The fraction of sp³-hybridized carbons (Fsp3) is 0.357. The van der Waals surface area contributed by atoms with Gasteiger partial charge in [0, 0.05) is 42.6 Å². The minimum atomic E-state index is 0.0274. The Morgan fingerprint density at radius 1 is 1.55 bits per heavy atom. The van der Waals surface area contributed by atoms with Crippen molar-refractivity contribution in [3.05, 3.63) is 40.6 Å². The number of hydrogen-bond donors (Lipinski definition) is 0. The molecular weight excluding hydrogens is 284 g/mol. The van der Waals surface area contributed by atoms with Gasteiger partial charge in [0.1, 0.15) is 0 Å². The Morgan fingerprint density at radius 2 is 2.41 bits per heavy atom. The van der Waals surface area contributed by atoms with Gasteiger partial charge in [-0.2, -0.15) is 4.98 Å². The van der Waals surface area contributed by atoms with Crippen molar-refractivity contribution in [1.82, 2.24) is 10.1 Å². The molecule has 1 aliphatic heterocycles. The van der Waals surface area contributed by atoms with Gasteiger partial charge >= 0.3 is 0 Å². The molecule has 1 aromatic carbocycles. The molecule has 8 nitrogen and oxygen atoms in total. The van der Waals surface area contributed by atoms with Crippen LogP contribution in [0.25, 0.3) is 21.8 Å². The van der Waals surface area contributed by atoms with Crippen LogP contribution in [0.15, 0.2) is 33.9 Å². The number of aryl methyl sites for hydroxylation is 1. The Bertz CT molecular complexity index is 749. The van der Waals surface area contributed by atoms with Gasteiger partial charge in [-0.05, 0) is 23.6 Å². The van der Waals surface area contributed by atoms with Gasteiger partial charge in [-0.25, -0.2) is 0 Å². The summed E-state index contributed by atoms with van der Waals surface area (Å²) in [6.07, 6.45) is 0.393. The molecule has 0 bridgehead atoms. The molecule has 1 amide bonds. The first-order chi connectivity index (χ1) is 10.7. The standard InChI is InChI=1S/C14H14N6O2/c1-9-17-14(18-22-9)11-3-2-4-12(6-11)20-8-10(5-13(20)21)7-16-19-15/h2-4,6,10H,5,7-8H2,1H3. The van der Waals surface area contributed by atoms with Crippen molar-refractivity contribution in [2.24, 2.45) is 11.0 Å². The lowest BCUT2D eigenvalue weighted by molar-refractivity contribution is -0.117. The zero-order chi connectivity index (χ0) is 15.5. The number of rotatable bonds is 4. The number of carbonyl (C=O) groups is 1. The molecule has 0 saturated carbocycles. The van der Waals surface area contributed by atoms with Crippen LogP contribution in [0.5, 0.6) is 0 Å². The first-order valence-electron chi connectivity index (χ1n) is 6.89. The third-order valence-corrected chi connectivity index (χ3v) is 3.55. The van der Waals surface area contributed by atoms with Gasteiger partial charge in [-0.15, -0.1) is 0 Å². The molecule has 1 aliphatic rings. The molecule has 112 valence electrons. The highest BCUT2D eigenvalue weighted by Crippen LogP contribution is 2.28. The van der Waals surface area contributed by atoms with E-state index in [4.69, 9.17) is 10.1 Å². The van der Waals surface area contributed by atoms with E-state index in [9.17, 15) is 4.79 Å². The highest BCUT2D eigenvalue weighted by Gasteiger charge is 2.30. The summed E-state index contributed by atoms with van der Waals surface area (Å²) in [5.74, 6) is 1.07. The van der Waals surface area contributed by atoms with Crippen LogP contribution in [0.4, 0.5) is 5.69 Å². The summed E-state index contributed by atoms with van der Waals surface area (Å²) in [4.78, 5) is 20.8. The predicted octanol–water partition coefficient (Wildman–Crippen LogP) is 2.71. The Balaban J connectivity index is 1.83. The van der Waals surface area contributed by atoms with Crippen molar-refractivity contribution >= 4 is 11.6 Å². The molecule has 1 aromatic heterocycles. The van der Waals surface area contributed by atoms with Crippen molar-refractivity contribution in [1.29, 1.82) is 0 Å². The quantitative estimate of drug-likeness (QED) is 0.491. The van der Waals surface area contributed by atoms with Crippen LogP contribution < -0.4 is 4.90 Å². The van der Waals surface area contributed by atoms with Gasteiger partial charge in [0.05, 0.1) is 0 Å². The van der Waals surface area contributed by atoms with Crippen LogP contribution in [-0.2, 0) is 4.79 Å². The average Bonchev–Trinajstić information content (AvgIpc) is 3.11. The van der Waals surface area contributed by atoms with Gasteiger partial charge in [-0.3, -0.25) is 4.79 Å². The largest absolute Gasteiger partial charge is 0.339 e. The van der Waals surface area contributed by atoms with E-state index in [1.807, 2.05) is 24.3 Å². The van der Waals surface area contributed by atoms with Crippen molar-refractivity contribution in [3.8, 4) is 11.4 Å². The molecule has 2 heterocycles. The van der Waals surface area contributed by atoms with Gasteiger partial charge in [-0.1, -0.05) is 22.4 Å². The van der Waals surface area contributed by atoms with Crippen molar-refractivity contribution < 1.29 is 9.32 Å². The first-order valence-corrected chi connectivity index (χ1v) is 6.89. The normalized spacial score (nSPS) is 17.6. The number of nitrogens with zero attached hydrogens (tertiary/aromatic N) is 6. The maximum absolute atomic E-state index is 12.1. The lowest BCUT2D eigenvalue weighted by Gasteiger charge is -2.17. The number of carbonyl (C=O) groups excluding carboxylic acids is 1. The lowest BCUT2D eigenvalue weighted by atomic mass is 10.1. The SMILES string of the molecule is Cc1nc(-c2cccc(N3CC(CN=[N+]=[N-])CC3=O)c2)no1. The molecule has 1 saturated heterocycles. The highest BCUT2D eigenvalue weighted by atomic mass is 16.5. The molecule has 1 fully saturated rings. The summed E-state index contributed by atoms with van der Waals surface area (Å²) in [5, 5.41) is 7.44. The summed E-state index contributed by atoms with van der Waals surface area (Å²) in [7, 11) is 0.